The largest absolute Gasteiger partial charge is 0.508 e. The van der Waals surface area contributed by atoms with Gasteiger partial charge in [0.15, 0.2) is 0 Å². The predicted octanol–water partition coefficient (Wildman–Crippen LogP) is 0.127. The van der Waals surface area contributed by atoms with E-state index in [0.29, 0.717) is 24.9 Å². The highest BCUT2D eigenvalue weighted by Gasteiger charge is 2.54. The van der Waals surface area contributed by atoms with Gasteiger partial charge in [0, 0.05) is 25.2 Å². The summed E-state index contributed by atoms with van der Waals surface area (Å²) in [6, 6.07) is 4.26. The number of rotatable bonds is 1. The molecule has 2 atom stereocenters. The van der Waals surface area contributed by atoms with E-state index >= 15 is 0 Å². The minimum absolute atomic E-state index is 0.0506. The number of fused-ring (bicyclic) bond motifs is 1. The molecule has 2 fully saturated rings. The molecule has 0 spiro atoms. The van der Waals surface area contributed by atoms with Gasteiger partial charge < -0.3 is 20.8 Å². The Bertz CT molecular complexity index is 477. The number of likely N-dealkylation sites (tertiary alicyclic amines) is 1. The van der Waals surface area contributed by atoms with Crippen LogP contribution in [0.4, 0.5) is 0 Å². The molecular formula is C12H14N2O3. The summed E-state index contributed by atoms with van der Waals surface area (Å²) in [7, 11) is 0. The zero-order valence-electron chi connectivity index (χ0n) is 9.21. The number of hydrogen-bond donors (Lipinski definition) is 3. The summed E-state index contributed by atoms with van der Waals surface area (Å²) in [4.78, 5) is 13.8. The second kappa shape index (κ2) is 3.37. The number of phenols is 2. The lowest BCUT2D eigenvalue weighted by molar-refractivity contribution is 0.0770. The van der Waals surface area contributed by atoms with Crippen molar-refractivity contribution in [1.82, 2.24) is 4.90 Å². The Morgan fingerprint density at radius 1 is 1.29 bits per heavy atom. The molecule has 1 aromatic carbocycles. The first-order valence-corrected chi connectivity index (χ1v) is 5.65. The van der Waals surface area contributed by atoms with Crippen LogP contribution in [0.2, 0.25) is 0 Å². The number of nitrogens with zero attached hydrogens (tertiary/aromatic N) is 1. The van der Waals surface area contributed by atoms with Crippen molar-refractivity contribution in [3.63, 3.8) is 0 Å². The van der Waals surface area contributed by atoms with E-state index in [2.05, 4.69) is 0 Å². The second-order valence-electron chi connectivity index (χ2n) is 4.82. The van der Waals surface area contributed by atoms with Gasteiger partial charge in [-0.1, -0.05) is 0 Å². The van der Waals surface area contributed by atoms with Gasteiger partial charge in [-0.05, 0) is 24.0 Å². The van der Waals surface area contributed by atoms with Crippen LogP contribution < -0.4 is 5.73 Å². The van der Waals surface area contributed by atoms with Crippen LogP contribution in [0.5, 0.6) is 11.5 Å². The minimum atomic E-state index is -0.193. The molecule has 1 aromatic rings. The van der Waals surface area contributed by atoms with E-state index in [1.165, 1.54) is 18.2 Å². The van der Waals surface area contributed by atoms with Crippen molar-refractivity contribution in [3.05, 3.63) is 23.8 Å². The van der Waals surface area contributed by atoms with Crippen LogP contribution in [-0.4, -0.2) is 40.2 Å². The Labute approximate surface area is 98.5 Å². The molecule has 0 radical (unpaired) electrons. The van der Waals surface area contributed by atoms with Crippen molar-refractivity contribution in [2.24, 2.45) is 17.6 Å². The molecule has 4 N–H and O–H groups in total. The Balaban J connectivity index is 1.78. The minimum Gasteiger partial charge on any atom is -0.508 e. The first kappa shape index (κ1) is 10.4. The monoisotopic (exact) mass is 234 g/mol. The number of hydrogen-bond acceptors (Lipinski definition) is 4. The summed E-state index contributed by atoms with van der Waals surface area (Å²) < 4.78 is 0. The summed E-state index contributed by atoms with van der Waals surface area (Å²) >= 11 is 0. The van der Waals surface area contributed by atoms with Gasteiger partial charge >= 0.3 is 0 Å². The zero-order valence-corrected chi connectivity index (χ0v) is 9.21. The lowest BCUT2D eigenvalue weighted by atomic mass is 10.1. The quantitative estimate of drug-likeness (QED) is 0.644. The van der Waals surface area contributed by atoms with Gasteiger partial charge in [-0.3, -0.25) is 4.79 Å². The number of nitrogens with two attached hydrogens (primary N) is 1. The van der Waals surface area contributed by atoms with Gasteiger partial charge in [-0.25, -0.2) is 0 Å². The van der Waals surface area contributed by atoms with E-state index < -0.39 is 0 Å². The van der Waals surface area contributed by atoms with Gasteiger partial charge in [-0.15, -0.1) is 0 Å². The third-order valence-corrected chi connectivity index (χ3v) is 3.76. The zero-order chi connectivity index (χ0) is 12.2. The van der Waals surface area contributed by atoms with Crippen molar-refractivity contribution < 1.29 is 15.0 Å². The third-order valence-electron chi connectivity index (χ3n) is 3.76. The molecule has 1 aliphatic carbocycles. The highest BCUT2D eigenvalue weighted by atomic mass is 16.3. The second-order valence-corrected chi connectivity index (χ2v) is 4.82. The van der Waals surface area contributed by atoms with Crippen LogP contribution in [0, 0.1) is 11.8 Å². The molecule has 1 heterocycles. The van der Waals surface area contributed by atoms with E-state index in [9.17, 15) is 9.90 Å². The predicted molar refractivity (Wildman–Crippen MR) is 60.6 cm³/mol. The summed E-state index contributed by atoms with van der Waals surface area (Å²) in [5, 5.41) is 18.8. The van der Waals surface area contributed by atoms with Gasteiger partial charge in [0.05, 0.1) is 5.56 Å². The maximum atomic E-state index is 12.1. The Kier molecular flexibility index (Phi) is 2.06. The van der Waals surface area contributed by atoms with Crippen LogP contribution in [0.3, 0.4) is 0 Å². The molecule has 1 saturated heterocycles. The molecule has 1 saturated carbocycles. The summed E-state index contributed by atoms with van der Waals surface area (Å²) in [6.45, 7) is 1.34. The number of phenolic OH excluding ortho intramolecular Hbond substituents is 2. The molecule has 0 aromatic heterocycles. The van der Waals surface area contributed by atoms with E-state index in [1.54, 1.807) is 4.90 Å². The van der Waals surface area contributed by atoms with E-state index in [-0.39, 0.29) is 29.0 Å². The molecule has 0 bridgehead atoms. The summed E-state index contributed by atoms with van der Waals surface area (Å²) in [5.74, 6) is 0.434. The van der Waals surface area contributed by atoms with Gasteiger partial charge in [0.2, 0.25) is 0 Å². The van der Waals surface area contributed by atoms with Crippen LogP contribution in [0.25, 0.3) is 0 Å². The van der Waals surface area contributed by atoms with Crippen molar-refractivity contribution in [2.75, 3.05) is 13.1 Å². The number of piperidine rings is 1. The first-order chi connectivity index (χ1) is 8.08. The third kappa shape index (κ3) is 1.54. The summed E-state index contributed by atoms with van der Waals surface area (Å²) in [5.41, 5.74) is 6.04. The Morgan fingerprint density at radius 2 is 1.94 bits per heavy atom. The smallest absolute Gasteiger partial charge is 0.257 e. The lowest BCUT2D eigenvalue weighted by Gasteiger charge is -2.19. The van der Waals surface area contributed by atoms with Crippen LogP contribution >= 0.6 is 0 Å². The van der Waals surface area contributed by atoms with Gasteiger partial charge in [0.1, 0.15) is 11.5 Å². The normalized spacial score (nSPS) is 30.2. The summed E-state index contributed by atoms with van der Waals surface area (Å²) in [6.07, 6.45) is 0. The highest BCUT2D eigenvalue weighted by molar-refractivity contribution is 5.97. The maximum absolute atomic E-state index is 12.1. The van der Waals surface area contributed by atoms with E-state index in [4.69, 9.17) is 10.8 Å². The SMILES string of the molecule is NC1C2CN(C(=O)c3ccc(O)cc3O)CC12. The number of carbonyl (C=O) groups is 1. The molecular weight excluding hydrogens is 220 g/mol. The lowest BCUT2D eigenvalue weighted by Crippen LogP contribution is -2.33. The molecule has 17 heavy (non-hydrogen) atoms. The molecule has 1 aliphatic heterocycles. The molecule has 90 valence electrons. The van der Waals surface area contributed by atoms with E-state index in [1.807, 2.05) is 0 Å². The number of benzene rings is 1. The Morgan fingerprint density at radius 3 is 2.53 bits per heavy atom. The number of amides is 1. The number of carbonyl (C=O) groups excluding carboxylic acids is 1. The van der Waals surface area contributed by atoms with Crippen molar-refractivity contribution in [3.8, 4) is 11.5 Å². The fourth-order valence-corrected chi connectivity index (χ4v) is 2.61. The van der Waals surface area contributed by atoms with Crippen LogP contribution in [0.1, 0.15) is 10.4 Å². The van der Waals surface area contributed by atoms with Crippen LogP contribution in [0.15, 0.2) is 18.2 Å². The van der Waals surface area contributed by atoms with Crippen molar-refractivity contribution in [1.29, 1.82) is 0 Å². The maximum Gasteiger partial charge on any atom is 0.257 e. The van der Waals surface area contributed by atoms with Crippen molar-refractivity contribution >= 4 is 5.91 Å². The molecule has 2 aliphatic rings. The van der Waals surface area contributed by atoms with Gasteiger partial charge in [-0.2, -0.15) is 0 Å². The highest BCUT2D eigenvalue weighted by Crippen LogP contribution is 2.44. The van der Waals surface area contributed by atoms with E-state index in [0.717, 1.165) is 0 Å². The average Bonchev–Trinajstić information content (AvgIpc) is 2.75. The molecule has 5 nitrogen and oxygen atoms in total. The molecule has 5 heteroatoms. The molecule has 3 rings (SSSR count). The Hall–Kier alpha value is -1.75. The van der Waals surface area contributed by atoms with Crippen molar-refractivity contribution in [2.45, 2.75) is 6.04 Å². The fourth-order valence-electron chi connectivity index (χ4n) is 2.61. The fraction of sp³-hybridized carbons (Fsp3) is 0.417. The first-order valence-electron chi connectivity index (χ1n) is 5.65. The van der Waals surface area contributed by atoms with Crippen LogP contribution in [-0.2, 0) is 0 Å². The molecule has 1 amide bonds. The topological polar surface area (TPSA) is 86.8 Å². The van der Waals surface area contributed by atoms with Gasteiger partial charge in [0.25, 0.3) is 5.91 Å². The number of aromatic hydroxyl groups is 2. The average molecular weight is 234 g/mol. The molecule has 2 unspecified atom stereocenters. The standard InChI is InChI=1S/C12H14N2O3/c13-11-8-4-14(5-9(8)11)12(17)7-2-1-6(15)3-10(7)16/h1-3,8-9,11,15-16H,4-5,13H2.